The number of β-amino-alcohol motifs (C(OH)–C–C–N with tert-alkyl or cyclic N) is 1. The Morgan fingerprint density at radius 1 is 0.969 bits per heavy atom. The van der Waals surface area contributed by atoms with Gasteiger partial charge in [0.2, 0.25) is 5.52 Å². The quantitative estimate of drug-likeness (QED) is 0.485. The molecule has 0 saturated heterocycles. The summed E-state index contributed by atoms with van der Waals surface area (Å²) in [5.41, 5.74) is 8.60. The Kier molecular flexibility index (Phi) is 6.77. The molecule has 0 fully saturated rings. The molecule has 3 aromatic rings. The van der Waals surface area contributed by atoms with Gasteiger partial charge in [0.25, 0.3) is 5.01 Å². The van der Waals surface area contributed by atoms with Crippen LogP contribution in [0.3, 0.4) is 0 Å². The number of anilines is 1. The lowest BCUT2D eigenvalue weighted by Crippen LogP contribution is -2.36. The highest BCUT2D eigenvalue weighted by Gasteiger charge is 2.26. The normalized spacial score (nSPS) is 15.3. The predicted octanol–water partition coefficient (Wildman–Crippen LogP) is 5.26. The molecule has 1 aliphatic rings. The van der Waals surface area contributed by atoms with Gasteiger partial charge in [0.1, 0.15) is 11.3 Å². The molecule has 0 unspecified atom stereocenters. The SMILES string of the molecule is CC(=Cc1sc2cc(C)c(C)cc2[n+]1CCO)C=C1Sc2cc(C)c(C)cc2N1CCO. The van der Waals surface area contributed by atoms with Crippen molar-refractivity contribution in [2.75, 3.05) is 24.7 Å². The molecular weight excluding hydrogens is 436 g/mol. The van der Waals surface area contributed by atoms with Gasteiger partial charge in [-0.2, -0.15) is 4.57 Å². The van der Waals surface area contributed by atoms with Gasteiger partial charge in [-0.05, 0) is 86.7 Å². The van der Waals surface area contributed by atoms with Gasteiger partial charge in [-0.15, -0.1) is 0 Å². The fourth-order valence-electron chi connectivity index (χ4n) is 4.01. The van der Waals surface area contributed by atoms with Crippen LogP contribution in [0.25, 0.3) is 16.3 Å². The summed E-state index contributed by atoms with van der Waals surface area (Å²) in [5.74, 6) is 0. The summed E-state index contributed by atoms with van der Waals surface area (Å²) in [6.45, 7) is 12.0. The average molecular weight is 468 g/mol. The maximum atomic E-state index is 9.67. The molecule has 168 valence electrons. The topological polar surface area (TPSA) is 47.6 Å². The highest BCUT2D eigenvalue weighted by Crippen LogP contribution is 2.47. The number of benzene rings is 2. The molecule has 0 saturated carbocycles. The lowest BCUT2D eigenvalue weighted by Gasteiger charge is -2.20. The second-order valence-corrected chi connectivity index (χ2v) is 10.6. The van der Waals surface area contributed by atoms with Gasteiger partial charge in [0.15, 0.2) is 6.54 Å². The van der Waals surface area contributed by atoms with E-state index in [0.29, 0.717) is 13.1 Å². The van der Waals surface area contributed by atoms with Gasteiger partial charge in [-0.25, -0.2) is 0 Å². The molecule has 0 atom stereocenters. The Balaban J connectivity index is 1.74. The molecule has 1 aromatic heterocycles. The third-order valence-electron chi connectivity index (χ3n) is 6.04. The van der Waals surface area contributed by atoms with Gasteiger partial charge in [-0.1, -0.05) is 23.1 Å². The van der Waals surface area contributed by atoms with E-state index in [0.717, 1.165) is 15.6 Å². The fraction of sp³-hybridized carbons (Fsp3) is 0.346. The summed E-state index contributed by atoms with van der Waals surface area (Å²) < 4.78 is 3.45. The van der Waals surface area contributed by atoms with Crippen molar-refractivity contribution >= 4 is 45.1 Å². The number of rotatable bonds is 6. The highest BCUT2D eigenvalue weighted by molar-refractivity contribution is 8.03. The van der Waals surface area contributed by atoms with Crippen molar-refractivity contribution in [1.82, 2.24) is 0 Å². The number of aliphatic hydroxyl groups excluding tert-OH is 2. The number of thiazole rings is 1. The molecule has 0 spiro atoms. The molecule has 4 rings (SSSR count). The number of allylic oxidation sites excluding steroid dienone is 2. The molecule has 4 nitrogen and oxygen atoms in total. The number of aromatic nitrogens is 1. The molecule has 2 aromatic carbocycles. The van der Waals surface area contributed by atoms with E-state index in [4.69, 9.17) is 0 Å². The predicted molar refractivity (Wildman–Crippen MR) is 137 cm³/mol. The zero-order chi connectivity index (χ0) is 23.0. The van der Waals surface area contributed by atoms with E-state index in [1.165, 1.54) is 43.1 Å². The standard InChI is InChI=1S/C26H31N2O2S2/c1-16(10-25-27(6-8-29)21-12-17(2)19(4)14-23(21)31-25)11-26-28(7-9-30)22-13-18(3)20(5)15-24(22)32-26/h10-15,29-30H,6-9H2,1-5H3/q+1. The third-order valence-corrected chi connectivity index (χ3v) is 8.23. The Morgan fingerprint density at radius 3 is 2.38 bits per heavy atom. The first kappa shape index (κ1) is 23.1. The van der Waals surface area contributed by atoms with E-state index < -0.39 is 0 Å². The van der Waals surface area contributed by atoms with Crippen molar-refractivity contribution < 1.29 is 14.8 Å². The number of hydrogen-bond donors (Lipinski definition) is 2. The number of hydrogen-bond acceptors (Lipinski definition) is 5. The molecule has 1 aliphatic heterocycles. The van der Waals surface area contributed by atoms with Crippen LogP contribution in [0, 0.1) is 27.7 Å². The number of aryl methyl sites for hydroxylation is 4. The van der Waals surface area contributed by atoms with Gasteiger partial charge in [0, 0.05) is 23.6 Å². The van der Waals surface area contributed by atoms with Crippen LogP contribution in [0.15, 0.2) is 45.8 Å². The molecule has 2 N–H and O–H groups in total. The van der Waals surface area contributed by atoms with Crippen molar-refractivity contribution in [3.63, 3.8) is 0 Å². The summed E-state index contributed by atoms with van der Waals surface area (Å²) >= 11 is 3.52. The minimum Gasteiger partial charge on any atom is -0.395 e. The molecule has 0 aliphatic carbocycles. The second kappa shape index (κ2) is 9.40. The molecule has 0 radical (unpaired) electrons. The molecule has 32 heavy (non-hydrogen) atoms. The average Bonchev–Trinajstić information content (AvgIpc) is 3.21. The maximum absolute atomic E-state index is 9.67. The zero-order valence-corrected chi connectivity index (χ0v) is 21.0. The van der Waals surface area contributed by atoms with Crippen molar-refractivity contribution in [1.29, 1.82) is 0 Å². The summed E-state index contributed by atoms with van der Waals surface area (Å²) in [5, 5.41) is 21.6. The Bertz CT molecular complexity index is 1240. The molecule has 0 bridgehead atoms. The van der Waals surface area contributed by atoms with E-state index in [9.17, 15) is 10.2 Å². The number of nitrogens with zero attached hydrogens (tertiary/aromatic N) is 2. The Labute approximate surface area is 198 Å². The second-order valence-electron chi connectivity index (χ2n) is 8.47. The van der Waals surface area contributed by atoms with Crippen molar-refractivity contribution in [2.24, 2.45) is 0 Å². The van der Waals surface area contributed by atoms with Gasteiger partial charge >= 0.3 is 0 Å². The number of fused-ring (bicyclic) bond motifs is 2. The van der Waals surface area contributed by atoms with E-state index >= 15 is 0 Å². The van der Waals surface area contributed by atoms with Crippen molar-refractivity contribution in [2.45, 2.75) is 46.1 Å². The van der Waals surface area contributed by atoms with Gasteiger partial charge < -0.3 is 15.1 Å². The van der Waals surface area contributed by atoms with Gasteiger partial charge in [-0.3, -0.25) is 0 Å². The summed E-state index contributed by atoms with van der Waals surface area (Å²) in [4.78, 5) is 3.45. The lowest BCUT2D eigenvalue weighted by molar-refractivity contribution is -0.670. The summed E-state index contributed by atoms with van der Waals surface area (Å²) in [7, 11) is 0. The fourth-order valence-corrected chi connectivity index (χ4v) is 6.57. The first-order valence-electron chi connectivity index (χ1n) is 10.9. The smallest absolute Gasteiger partial charge is 0.263 e. The highest BCUT2D eigenvalue weighted by atomic mass is 32.2. The Morgan fingerprint density at radius 2 is 1.66 bits per heavy atom. The molecule has 0 amide bonds. The maximum Gasteiger partial charge on any atom is 0.263 e. The first-order valence-corrected chi connectivity index (χ1v) is 12.6. The van der Waals surface area contributed by atoms with E-state index in [2.05, 4.69) is 80.5 Å². The van der Waals surface area contributed by atoms with Crippen LogP contribution >= 0.6 is 23.1 Å². The number of thioether (sulfide) groups is 1. The van der Waals surface area contributed by atoms with Crippen LogP contribution in [0.5, 0.6) is 0 Å². The van der Waals surface area contributed by atoms with Crippen LogP contribution in [-0.4, -0.2) is 30.0 Å². The van der Waals surface area contributed by atoms with Crippen LogP contribution < -0.4 is 9.47 Å². The largest absolute Gasteiger partial charge is 0.395 e. The summed E-state index contributed by atoms with van der Waals surface area (Å²) in [6, 6.07) is 8.93. The van der Waals surface area contributed by atoms with Crippen molar-refractivity contribution in [3.8, 4) is 0 Å². The molecule has 6 heteroatoms. The minimum atomic E-state index is 0.110. The first-order chi connectivity index (χ1) is 15.3. The minimum absolute atomic E-state index is 0.110. The van der Waals surface area contributed by atoms with E-state index in [1.807, 2.05) is 0 Å². The monoisotopic (exact) mass is 467 g/mol. The van der Waals surface area contributed by atoms with Crippen LogP contribution in [0.4, 0.5) is 5.69 Å². The van der Waals surface area contributed by atoms with Gasteiger partial charge in [0.05, 0.1) is 17.3 Å². The Hall–Kier alpha value is -2.12. The molecular formula is C26H31N2O2S2+. The van der Waals surface area contributed by atoms with Crippen LogP contribution in [0.1, 0.15) is 34.2 Å². The van der Waals surface area contributed by atoms with E-state index in [-0.39, 0.29) is 13.2 Å². The van der Waals surface area contributed by atoms with E-state index in [1.54, 1.807) is 23.1 Å². The lowest BCUT2D eigenvalue weighted by atomic mass is 10.1. The van der Waals surface area contributed by atoms with Crippen molar-refractivity contribution in [3.05, 3.63) is 68.2 Å². The molecule has 2 heterocycles. The van der Waals surface area contributed by atoms with Crippen LogP contribution in [-0.2, 0) is 6.54 Å². The third kappa shape index (κ3) is 4.37. The number of aliphatic hydroxyl groups is 2. The van der Waals surface area contributed by atoms with Crippen LogP contribution in [0.2, 0.25) is 0 Å². The summed E-state index contributed by atoms with van der Waals surface area (Å²) in [6.07, 6.45) is 4.41. The zero-order valence-electron chi connectivity index (χ0n) is 19.4.